The van der Waals surface area contributed by atoms with Gasteiger partial charge in [0.05, 0.1) is 11.2 Å². The van der Waals surface area contributed by atoms with E-state index >= 15 is 0 Å². The molecule has 0 saturated heterocycles. The molecule has 2 rings (SSSR count). The Morgan fingerprint density at radius 3 is 2.35 bits per heavy atom. The van der Waals surface area contributed by atoms with Gasteiger partial charge >= 0.3 is 0 Å². The largest absolute Gasteiger partial charge is 0.390 e. The van der Waals surface area contributed by atoms with Crippen molar-refractivity contribution in [1.29, 1.82) is 0 Å². The van der Waals surface area contributed by atoms with Crippen LogP contribution in [0.15, 0.2) is 0 Å². The lowest BCUT2D eigenvalue weighted by atomic mass is 9.52. The van der Waals surface area contributed by atoms with Crippen molar-refractivity contribution in [1.82, 2.24) is 0 Å². The Labute approximate surface area is 105 Å². The lowest BCUT2D eigenvalue weighted by Crippen LogP contribution is -2.53. The smallest absolute Gasteiger partial charge is 0.0653 e. The van der Waals surface area contributed by atoms with Crippen molar-refractivity contribution in [3.8, 4) is 0 Å². The van der Waals surface area contributed by atoms with Gasteiger partial charge in [0.1, 0.15) is 0 Å². The van der Waals surface area contributed by atoms with Crippen LogP contribution in [-0.2, 0) is 0 Å². The first-order valence-electron chi connectivity index (χ1n) is 7.10. The Balaban J connectivity index is 2.20. The molecule has 0 unspecified atom stereocenters. The SMILES string of the molecule is CC(C)(O)[C@@H]1CC[C@]2(C)CCC[C@](C)(O)[C@@H]2C1. The van der Waals surface area contributed by atoms with Crippen LogP contribution in [0.2, 0.25) is 0 Å². The summed E-state index contributed by atoms with van der Waals surface area (Å²) >= 11 is 0. The number of fused-ring (bicyclic) bond motifs is 1. The zero-order chi connectivity index (χ0) is 12.9. The highest BCUT2D eigenvalue weighted by Crippen LogP contribution is 2.56. The molecule has 0 bridgehead atoms. The first-order chi connectivity index (χ1) is 7.65. The Morgan fingerprint density at radius 1 is 1.12 bits per heavy atom. The van der Waals surface area contributed by atoms with Gasteiger partial charge in [0.25, 0.3) is 0 Å². The van der Waals surface area contributed by atoms with Crippen LogP contribution in [0, 0.1) is 17.3 Å². The van der Waals surface area contributed by atoms with Crippen molar-refractivity contribution in [3.05, 3.63) is 0 Å². The predicted octanol–water partition coefficient (Wildman–Crippen LogP) is 3.11. The van der Waals surface area contributed by atoms with Gasteiger partial charge in [0, 0.05) is 0 Å². The van der Waals surface area contributed by atoms with Crippen LogP contribution >= 0.6 is 0 Å². The maximum atomic E-state index is 10.6. The highest BCUT2D eigenvalue weighted by atomic mass is 16.3. The van der Waals surface area contributed by atoms with Gasteiger partial charge in [-0.3, -0.25) is 0 Å². The van der Waals surface area contributed by atoms with Gasteiger partial charge in [-0.1, -0.05) is 13.3 Å². The summed E-state index contributed by atoms with van der Waals surface area (Å²) in [6, 6.07) is 0. The van der Waals surface area contributed by atoms with E-state index in [0.717, 1.165) is 32.1 Å². The fourth-order valence-corrected chi connectivity index (χ4v) is 4.33. The van der Waals surface area contributed by atoms with E-state index in [1.165, 1.54) is 6.42 Å². The molecule has 0 aromatic carbocycles. The Hall–Kier alpha value is -0.0800. The van der Waals surface area contributed by atoms with E-state index in [2.05, 4.69) is 6.92 Å². The molecule has 17 heavy (non-hydrogen) atoms. The summed E-state index contributed by atoms with van der Waals surface area (Å²) in [5, 5.41) is 20.8. The van der Waals surface area contributed by atoms with E-state index < -0.39 is 11.2 Å². The fourth-order valence-electron chi connectivity index (χ4n) is 4.33. The zero-order valence-electron chi connectivity index (χ0n) is 11.8. The average Bonchev–Trinajstić information content (AvgIpc) is 2.14. The molecular formula is C15H28O2. The lowest BCUT2D eigenvalue weighted by Gasteiger charge is -2.55. The van der Waals surface area contributed by atoms with E-state index in [4.69, 9.17) is 0 Å². The van der Waals surface area contributed by atoms with Crippen LogP contribution in [0.25, 0.3) is 0 Å². The van der Waals surface area contributed by atoms with E-state index in [-0.39, 0.29) is 0 Å². The second-order valence-corrected chi connectivity index (χ2v) is 7.54. The summed E-state index contributed by atoms with van der Waals surface area (Å²) in [6.45, 7) is 8.17. The van der Waals surface area contributed by atoms with Gasteiger partial charge < -0.3 is 10.2 Å². The summed E-state index contributed by atoms with van der Waals surface area (Å²) < 4.78 is 0. The van der Waals surface area contributed by atoms with Crippen molar-refractivity contribution in [2.45, 2.75) is 77.4 Å². The van der Waals surface area contributed by atoms with Gasteiger partial charge in [-0.25, -0.2) is 0 Å². The third-order valence-corrected chi connectivity index (χ3v) is 5.61. The van der Waals surface area contributed by atoms with Gasteiger partial charge in [-0.2, -0.15) is 0 Å². The molecule has 2 saturated carbocycles. The molecule has 0 aromatic rings. The standard InChI is InChI=1S/C15H28O2/c1-13(2,16)11-6-9-14(3)7-5-8-15(4,17)12(14)10-11/h11-12,16-17H,5-10H2,1-4H3/t11-,12-,14+,15+/m1/s1. The minimum Gasteiger partial charge on any atom is -0.390 e. The topological polar surface area (TPSA) is 40.5 Å². The molecule has 0 spiro atoms. The molecule has 0 aliphatic heterocycles. The molecule has 0 amide bonds. The third kappa shape index (κ3) is 2.39. The quantitative estimate of drug-likeness (QED) is 0.739. The van der Waals surface area contributed by atoms with Crippen LogP contribution in [-0.4, -0.2) is 21.4 Å². The Morgan fingerprint density at radius 2 is 1.76 bits per heavy atom. The van der Waals surface area contributed by atoms with Crippen LogP contribution in [0.1, 0.15) is 66.2 Å². The summed E-state index contributed by atoms with van der Waals surface area (Å²) in [4.78, 5) is 0. The van der Waals surface area contributed by atoms with Crippen molar-refractivity contribution in [3.63, 3.8) is 0 Å². The molecule has 100 valence electrons. The Bertz CT molecular complexity index is 290. The second kappa shape index (κ2) is 3.96. The van der Waals surface area contributed by atoms with Crippen molar-refractivity contribution >= 4 is 0 Å². The first-order valence-corrected chi connectivity index (χ1v) is 7.10. The molecular weight excluding hydrogens is 212 g/mol. The number of aliphatic hydroxyl groups is 2. The van der Waals surface area contributed by atoms with Gasteiger partial charge in [0.2, 0.25) is 0 Å². The summed E-state index contributed by atoms with van der Waals surface area (Å²) in [7, 11) is 0. The maximum Gasteiger partial charge on any atom is 0.0653 e. The zero-order valence-corrected chi connectivity index (χ0v) is 11.8. The summed E-state index contributed by atoms with van der Waals surface area (Å²) in [5.74, 6) is 0.694. The molecule has 2 N–H and O–H groups in total. The normalized spacial score (nSPS) is 47.6. The van der Waals surface area contributed by atoms with Crippen LogP contribution in [0.5, 0.6) is 0 Å². The van der Waals surface area contributed by atoms with Crippen LogP contribution < -0.4 is 0 Å². The highest BCUT2D eigenvalue weighted by molar-refractivity contribution is 5.03. The lowest BCUT2D eigenvalue weighted by molar-refractivity contribution is -0.143. The number of hydrogen-bond donors (Lipinski definition) is 2. The van der Waals surface area contributed by atoms with Gasteiger partial charge in [0.15, 0.2) is 0 Å². The Kier molecular flexibility index (Phi) is 3.11. The minimum absolute atomic E-state index is 0.295. The molecule has 4 atom stereocenters. The van der Waals surface area contributed by atoms with Gasteiger partial charge in [-0.15, -0.1) is 0 Å². The predicted molar refractivity (Wildman–Crippen MR) is 69.7 cm³/mol. The minimum atomic E-state index is -0.602. The van der Waals surface area contributed by atoms with Gasteiger partial charge in [-0.05, 0) is 70.1 Å². The van der Waals surface area contributed by atoms with E-state index in [0.29, 0.717) is 17.3 Å². The molecule has 0 aromatic heterocycles. The monoisotopic (exact) mass is 240 g/mol. The van der Waals surface area contributed by atoms with E-state index in [1.54, 1.807) is 0 Å². The molecule has 2 aliphatic rings. The second-order valence-electron chi connectivity index (χ2n) is 7.54. The molecule has 2 nitrogen and oxygen atoms in total. The maximum absolute atomic E-state index is 10.6. The summed E-state index contributed by atoms with van der Waals surface area (Å²) in [6.07, 6.45) is 6.55. The molecule has 2 fully saturated rings. The van der Waals surface area contributed by atoms with Crippen LogP contribution in [0.4, 0.5) is 0 Å². The number of rotatable bonds is 1. The molecule has 0 heterocycles. The average molecular weight is 240 g/mol. The molecule has 2 heteroatoms. The van der Waals surface area contributed by atoms with Crippen molar-refractivity contribution in [2.24, 2.45) is 17.3 Å². The van der Waals surface area contributed by atoms with Crippen molar-refractivity contribution in [2.75, 3.05) is 0 Å². The third-order valence-electron chi connectivity index (χ3n) is 5.61. The highest BCUT2D eigenvalue weighted by Gasteiger charge is 2.52. The number of hydrogen-bond acceptors (Lipinski definition) is 2. The van der Waals surface area contributed by atoms with Crippen LogP contribution in [0.3, 0.4) is 0 Å². The van der Waals surface area contributed by atoms with E-state index in [9.17, 15) is 10.2 Å². The van der Waals surface area contributed by atoms with E-state index in [1.807, 2.05) is 20.8 Å². The fraction of sp³-hybridized carbons (Fsp3) is 1.00. The molecule has 2 aliphatic carbocycles. The first kappa shape index (κ1) is 13.4. The molecule has 0 radical (unpaired) electrons. The summed E-state index contributed by atoms with van der Waals surface area (Å²) in [5.41, 5.74) is -0.838. The van der Waals surface area contributed by atoms with Crippen molar-refractivity contribution < 1.29 is 10.2 Å².